The summed E-state index contributed by atoms with van der Waals surface area (Å²) in [4.78, 5) is 33.8. The second-order valence-electron chi connectivity index (χ2n) is 6.96. The molecule has 0 spiro atoms. The fourth-order valence-corrected chi connectivity index (χ4v) is 1.97. The zero-order valence-electron chi connectivity index (χ0n) is 16.0. The first-order valence-corrected chi connectivity index (χ1v) is 8.35. The van der Waals surface area contributed by atoms with Gasteiger partial charge in [0.2, 0.25) is 0 Å². The van der Waals surface area contributed by atoms with Crippen LogP contribution in [0.5, 0.6) is 0 Å². The lowest BCUT2D eigenvalue weighted by molar-refractivity contribution is -0.167. The molecule has 7 nitrogen and oxygen atoms in total. The van der Waals surface area contributed by atoms with Gasteiger partial charge in [0.1, 0.15) is 5.60 Å². The van der Waals surface area contributed by atoms with Crippen LogP contribution in [-0.4, -0.2) is 42.4 Å². The van der Waals surface area contributed by atoms with E-state index in [2.05, 4.69) is 5.32 Å². The molecule has 1 aromatic rings. The summed E-state index contributed by atoms with van der Waals surface area (Å²) < 4.78 is 79.8. The van der Waals surface area contributed by atoms with E-state index in [1.54, 1.807) is 20.8 Å². The van der Waals surface area contributed by atoms with E-state index in [0.717, 1.165) is 12.1 Å². The molecule has 0 heterocycles. The highest BCUT2D eigenvalue weighted by Gasteiger charge is 2.41. The molecule has 0 unspecified atom stereocenters. The number of anilines is 2. The van der Waals surface area contributed by atoms with Crippen LogP contribution >= 0.6 is 0 Å². The number of benzene rings is 1. The number of hydrogen-bond donors (Lipinski definition) is 3. The van der Waals surface area contributed by atoms with Gasteiger partial charge in [-0.15, -0.1) is 0 Å². The Morgan fingerprint density at radius 1 is 0.867 bits per heavy atom. The van der Waals surface area contributed by atoms with Crippen molar-refractivity contribution in [3.8, 4) is 0 Å². The minimum Gasteiger partial charge on any atom is -0.444 e. The van der Waals surface area contributed by atoms with Crippen LogP contribution in [0.4, 0.5) is 42.5 Å². The van der Waals surface area contributed by atoms with Crippen molar-refractivity contribution in [1.29, 1.82) is 0 Å². The Labute approximate surface area is 167 Å². The fraction of sp³-hybridized carbons (Fsp3) is 0.471. The summed E-state index contributed by atoms with van der Waals surface area (Å²) in [6, 6.07) is 3.07. The van der Waals surface area contributed by atoms with Crippen molar-refractivity contribution in [3.05, 3.63) is 23.8 Å². The maximum absolute atomic E-state index is 12.5. The number of carbonyl (C=O) groups excluding carboxylic acids is 3. The van der Waals surface area contributed by atoms with Crippen molar-refractivity contribution in [2.45, 2.75) is 45.1 Å². The summed E-state index contributed by atoms with van der Waals surface area (Å²) in [6.45, 7) is 4.89. The van der Waals surface area contributed by atoms with Gasteiger partial charge in [0.15, 0.2) is 0 Å². The third-order valence-corrected chi connectivity index (χ3v) is 3.18. The molecule has 3 N–H and O–H groups in total. The molecule has 0 saturated carbocycles. The smallest absolute Gasteiger partial charge is 0.444 e. The first-order chi connectivity index (χ1) is 13.5. The monoisotopic (exact) mass is 443 g/mol. The van der Waals surface area contributed by atoms with Crippen LogP contribution < -0.4 is 16.0 Å². The molecule has 0 aliphatic rings. The Hall–Kier alpha value is -2.99. The second-order valence-corrected chi connectivity index (χ2v) is 6.96. The van der Waals surface area contributed by atoms with E-state index in [1.807, 2.05) is 0 Å². The van der Waals surface area contributed by atoms with Crippen LogP contribution in [0, 0.1) is 0 Å². The Kier molecular flexibility index (Phi) is 7.70. The number of carbonyl (C=O) groups is 3. The van der Waals surface area contributed by atoms with Crippen LogP contribution in [0.15, 0.2) is 18.2 Å². The van der Waals surface area contributed by atoms with Gasteiger partial charge in [0.05, 0.1) is 11.4 Å². The molecule has 3 amide bonds. The minimum absolute atomic E-state index is 0.0180. The number of ether oxygens (including phenoxy) is 1. The summed E-state index contributed by atoms with van der Waals surface area (Å²) in [5.41, 5.74) is -1.87. The number of amides is 3. The Morgan fingerprint density at radius 2 is 1.37 bits per heavy atom. The quantitative estimate of drug-likeness (QED) is 0.604. The first kappa shape index (κ1) is 25.0. The molecular formula is C17H19F6N3O4. The number of alkyl halides is 6. The van der Waals surface area contributed by atoms with E-state index in [9.17, 15) is 40.7 Å². The van der Waals surface area contributed by atoms with E-state index in [-0.39, 0.29) is 18.5 Å². The van der Waals surface area contributed by atoms with Gasteiger partial charge in [-0.3, -0.25) is 9.59 Å². The summed E-state index contributed by atoms with van der Waals surface area (Å²) in [7, 11) is 0. The lowest BCUT2D eigenvalue weighted by Crippen LogP contribution is -2.33. The summed E-state index contributed by atoms with van der Waals surface area (Å²) in [5.74, 6) is -4.86. The molecule has 0 saturated heterocycles. The third kappa shape index (κ3) is 8.57. The van der Waals surface area contributed by atoms with Gasteiger partial charge < -0.3 is 20.7 Å². The van der Waals surface area contributed by atoms with Gasteiger partial charge in [-0.1, -0.05) is 6.07 Å². The summed E-state index contributed by atoms with van der Waals surface area (Å²) in [6.07, 6.45) is -11.3. The molecule has 13 heteroatoms. The van der Waals surface area contributed by atoms with E-state index in [4.69, 9.17) is 4.74 Å². The predicted molar refractivity (Wildman–Crippen MR) is 93.8 cm³/mol. The lowest BCUT2D eigenvalue weighted by atomic mass is 10.1. The SMILES string of the molecule is CC(C)(C)OC(=O)NCCc1ccc(NC(=O)C(F)(F)F)c(NC(=O)C(F)(F)F)c1. The van der Waals surface area contributed by atoms with Crippen molar-refractivity contribution in [2.75, 3.05) is 17.2 Å². The maximum Gasteiger partial charge on any atom is 0.471 e. The van der Waals surface area contributed by atoms with Gasteiger partial charge in [0.25, 0.3) is 0 Å². The standard InChI is InChI=1S/C17H19F6N3O4/c1-15(2,3)30-14(29)24-7-6-9-4-5-10(25-12(27)16(18,19)20)11(8-9)26-13(28)17(21,22)23/h4-5,8H,6-7H2,1-3H3,(H,24,29)(H,25,27)(H,26,28). The van der Waals surface area contributed by atoms with E-state index in [1.165, 1.54) is 16.7 Å². The third-order valence-electron chi connectivity index (χ3n) is 3.18. The van der Waals surface area contributed by atoms with Gasteiger partial charge in [-0.2, -0.15) is 26.3 Å². The first-order valence-electron chi connectivity index (χ1n) is 8.35. The minimum atomic E-state index is -5.31. The molecule has 0 bridgehead atoms. The van der Waals surface area contributed by atoms with E-state index >= 15 is 0 Å². The van der Waals surface area contributed by atoms with Crippen molar-refractivity contribution >= 4 is 29.3 Å². The highest BCUT2D eigenvalue weighted by atomic mass is 19.4. The molecule has 30 heavy (non-hydrogen) atoms. The van der Waals surface area contributed by atoms with Crippen molar-refractivity contribution in [2.24, 2.45) is 0 Å². The van der Waals surface area contributed by atoms with Crippen LogP contribution in [0.2, 0.25) is 0 Å². The summed E-state index contributed by atoms with van der Waals surface area (Å²) in [5, 5.41) is 5.21. The molecule has 0 atom stereocenters. The summed E-state index contributed by atoms with van der Waals surface area (Å²) >= 11 is 0. The van der Waals surface area contributed by atoms with Crippen molar-refractivity contribution in [3.63, 3.8) is 0 Å². The average Bonchev–Trinajstić information content (AvgIpc) is 2.53. The molecule has 0 aromatic heterocycles. The van der Waals surface area contributed by atoms with Crippen molar-refractivity contribution < 1.29 is 45.5 Å². The Balaban J connectivity index is 2.97. The second kappa shape index (κ2) is 9.22. The van der Waals surface area contributed by atoms with Gasteiger partial charge in [-0.25, -0.2) is 4.79 Å². The normalized spacial score (nSPS) is 12.2. The number of halogens is 6. The maximum atomic E-state index is 12.5. The Morgan fingerprint density at radius 3 is 1.83 bits per heavy atom. The average molecular weight is 443 g/mol. The van der Waals surface area contributed by atoms with E-state index < -0.39 is 47.2 Å². The van der Waals surface area contributed by atoms with Crippen LogP contribution in [0.25, 0.3) is 0 Å². The number of rotatable bonds is 5. The van der Waals surface area contributed by atoms with Crippen LogP contribution in [0.3, 0.4) is 0 Å². The number of hydrogen-bond acceptors (Lipinski definition) is 4. The largest absolute Gasteiger partial charge is 0.471 e. The molecule has 0 radical (unpaired) electrons. The van der Waals surface area contributed by atoms with Crippen LogP contribution in [-0.2, 0) is 20.7 Å². The highest BCUT2D eigenvalue weighted by Crippen LogP contribution is 2.28. The van der Waals surface area contributed by atoms with E-state index in [0.29, 0.717) is 0 Å². The van der Waals surface area contributed by atoms with Gasteiger partial charge in [0, 0.05) is 6.54 Å². The van der Waals surface area contributed by atoms with Gasteiger partial charge >= 0.3 is 30.3 Å². The lowest BCUT2D eigenvalue weighted by Gasteiger charge is -2.19. The fourth-order valence-electron chi connectivity index (χ4n) is 1.97. The number of alkyl carbamates (subject to hydrolysis) is 1. The highest BCUT2D eigenvalue weighted by molar-refractivity contribution is 6.02. The molecule has 0 fully saturated rings. The zero-order chi connectivity index (χ0) is 23.3. The number of nitrogens with one attached hydrogen (secondary N) is 3. The topological polar surface area (TPSA) is 96.5 Å². The molecular weight excluding hydrogens is 424 g/mol. The molecule has 1 rings (SSSR count). The Bertz CT molecular complexity index is 800. The van der Waals surface area contributed by atoms with Crippen molar-refractivity contribution in [1.82, 2.24) is 5.32 Å². The zero-order valence-corrected chi connectivity index (χ0v) is 16.0. The van der Waals surface area contributed by atoms with Gasteiger partial charge in [-0.05, 0) is 44.9 Å². The van der Waals surface area contributed by atoms with Crippen LogP contribution in [0.1, 0.15) is 26.3 Å². The molecule has 1 aromatic carbocycles. The predicted octanol–water partition coefficient (Wildman–Crippen LogP) is 3.76. The molecule has 0 aliphatic carbocycles. The molecule has 168 valence electrons. The molecule has 0 aliphatic heterocycles.